The van der Waals surface area contributed by atoms with Crippen LogP contribution in [0.15, 0.2) is 18.2 Å². The molecular formula is C13H17N3O4. The molecule has 1 aliphatic heterocycles. The predicted octanol–water partition coefficient (Wildman–Crippen LogP) is -1.32. The normalized spacial score (nSPS) is 19.4. The maximum Gasteiger partial charge on any atom is 0.270 e. The van der Waals surface area contributed by atoms with Gasteiger partial charge in [0.15, 0.2) is 0 Å². The van der Waals surface area contributed by atoms with E-state index in [1.165, 1.54) is 17.0 Å². The number of hydrogen-bond donors (Lipinski definition) is 1. The minimum Gasteiger partial charge on any atom is -0.545 e. The lowest BCUT2D eigenvalue weighted by Gasteiger charge is -2.24. The Morgan fingerprint density at radius 3 is 2.75 bits per heavy atom. The number of aromatic carboxylic acids is 1. The number of carboxylic acid groups (broad SMARTS) is 1. The summed E-state index contributed by atoms with van der Waals surface area (Å²) in [5, 5.41) is 22.0. The van der Waals surface area contributed by atoms with E-state index in [0.717, 1.165) is 38.7 Å². The molecular weight excluding hydrogens is 262 g/mol. The minimum atomic E-state index is -1.38. The van der Waals surface area contributed by atoms with Gasteiger partial charge in [0.05, 0.1) is 37.6 Å². The van der Waals surface area contributed by atoms with Crippen LogP contribution in [0.2, 0.25) is 0 Å². The van der Waals surface area contributed by atoms with Gasteiger partial charge in [0.2, 0.25) is 0 Å². The Labute approximate surface area is 116 Å². The van der Waals surface area contributed by atoms with Gasteiger partial charge in [0, 0.05) is 36.3 Å². The Morgan fingerprint density at radius 1 is 1.35 bits per heavy atom. The summed E-state index contributed by atoms with van der Waals surface area (Å²) < 4.78 is 0. The lowest BCUT2D eigenvalue weighted by Crippen LogP contribution is -3.09. The first-order valence-electron chi connectivity index (χ1n) is 6.55. The summed E-state index contributed by atoms with van der Waals surface area (Å²) in [6.45, 7) is 3.41. The first-order chi connectivity index (χ1) is 9.49. The number of nitrogens with zero attached hydrogens (tertiary/aromatic N) is 2. The van der Waals surface area contributed by atoms with Gasteiger partial charge in [0.1, 0.15) is 0 Å². The van der Waals surface area contributed by atoms with Gasteiger partial charge in [0.25, 0.3) is 5.69 Å². The highest BCUT2D eigenvalue weighted by Gasteiger charge is 2.19. The highest BCUT2D eigenvalue weighted by Crippen LogP contribution is 2.25. The van der Waals surface area contributed by atoms with Gasteiger partial charge in [-0.3, -0.25) is 10.1 Å². The molecule has 20 heavy (non-hydrogen) atoms. The maximum atomic E-state index is 11.2. The second-order valence-corrected chi connectivity index (χ2v) is 5.04. The Bertz CT molecular complexity index is 532. The van der Waals surface area contributed by atoms with Crippen molar-refractivity contribution >= 4 is 17.3 Å². The molecule has 1 atom stereocenters. The third-order valence-corrected chi connectivity index (χ3v) is 3.59. The molecule has 0 aliphatic carbocycles. The van der Waals surface area contributed by atoms with Gasteiger partial charge in [-0.2, -0.15) is 0 Å². The molecule has 0 amide bonds. The fraction of sp³-hybridized carbons (Fsp3) is 0.462. The van der Waals surface area contributed by atoms with Crippen molar-refractivity contribution in [2.45, 2.75) is 6.42 Å². The van der Waals surface area contributed by atoms with Crippen molar-refractivity contribution in [2.24, 2.45) is 0 Å². The summed E-state index contributed by atoms with van der Waals surface area (Å²) >= 11 is 0. The van der Waals surface area contributed by atoms with Crippen LogP contribution >= 0.6 is 0 Å². The number of carbonyl (C=O) groups is 1. The van der Waals surface area contributed by atoms with Gasteiger partial charge < -0.3 is 19.7 Å². The molecule has 108 valence electrons. The summed E-state index contributed by atoms with van der Waals surface area (Å²) in [6.07, 6.45) is 0.954. The van der Waals surface area contributed by atoms with E-state index in [-0.39, 0.29) is 11.3 Å². The zero-order chi connectivity index (χ0) is 14.7. The molecule has 0 saturated carbocycles. The van der Waals surface area contributed by atoms with Crippen LogP contribution in [-0.4, -0.2) is 44.1 Å². The molecule has 7 nitrogen and oxygen atoms in total. The molecule has 7 heteroatoms. The monoisotopic (exact) mass is 279 g/mol. The fourth-order valence-corrected chi connectivity index (χ4v) is 2.45. The van der Waals surface area contributed by atoms with E-state index in [9.17, 15) is 20.0 Å². The molecule has 1 aromatic carbocycles. The number of nitro benzene ring substituents is 1. The third-order valence-electron chi connectivity index (χ3n) is 3.59. The summed E-state index contributed by atoms with van der Waals surface area (Å²) in [5.41, 5.74) is 0.162. The van der Waals surface area contributed by atoms with Crippen LogP contribution in [0.3, 0.4) is 0 Å². The SMILES string of the molecule is C[NH+]1CCCN(c2ccc([N+](=O)[O-])cc2C(=O)[O-])CC1. The lowest BCUT2D eigenvalue weighted by molar-refractivity contribution is -0.876. The molecule has 0 bridgehead atoms. The summed E-state index contributed by atoms with van der Waals surface area (Å²) in [7, 11) is 2.10. The quantitative estimate of drug-likeness (QED) is 0.547. The lowest BCUT2D eigenvalue weighted by atomic mass is 10.1. The van der Waals surface area contributed by atoms with Crippen molar-refractivity contribution in [2.75, 3.05) is 38.1 Å². The van der Waals surface area contributed by atoms with Gasteiger partial charge in [-0.05, 0) is 6.07 Å². The van der Waals surface area contributed by atoms with Gasteiger partial charge in [-0.15, -0.1) is 0 Å². The summed E-state index contributed by atoms with van der Waals surface area (Å²) in [4.78, 5) is 24.7. The minimum absolute atomic E-state index is 0.112. The number of carboxylic acids is 1. The number of carbonyl (C=O) groups excluding carboxylic acids is 1. The van der Waals surface area contributed by atoms with E-state index in [1.54, 1.807) is 0 Å². The predicted molar refractivity (Wildman–Crippen MR) is 70.9 cm³/mol. The van der Waals surface area contributed by atoms with Crippen molar-refractivity contribution in [3.63, 3.8) is 0 Å². The van der Waals surface area contributed by atoms with Crippen molar-refractivity contribution in [1.82, 2.24) is 0 Å². The van der Waals surface area contributed by atoms with Crippen LogP contribution in [0.4, 0.5) is 11.4 Å². The Balaban J connectivity index is 2.35. The molecule has 1 aromatic rings. The van der Waals surface area contributed by atoms with Crippen LogP contribution < -0.4 is 14.9 Å². The molecule has 1 aliphatic rings. The van der Waals surface area contributed by atoms with Gasteiger partial charge in [-0.1, -0.05) is 0 Å². The first kappa shape index (κ1) is 14.3. The molecule has 1 fully saturated rings. The highest BCUT2D eigenvalue weighted by atomic mass is 16.6. The standard InChI is InChI=1S/C13H17N3O4/c1-14-5-2-6-15(8-7-14)12-4-3-10(16(19)20)9-11(12)13(17)18/h3-4,9H,2,5-8H2,1H3,(H,17,18). The fourth-order valence-electron chi connectivity index (χ4n) is 2.45. The van der Waals surface area contributed by atoms with Crippen molar-refractivity contribution < 1.29 is 19.7 Å². The van der Waals surface area contributed by atoms with E-state index in [1.807, 2.05) is 4.90 Å². The van der Waals surface area contributed by atoms with Crippen LogP contribution in [0.1, 0.15) is 16.8 Å². The number of non-ortho nitro benzene ring substituents is 1. The molecule has 0 radical (unpaired) electrons. The maximum absolute atomic E-state index is 11.2. The van der Waals surface area contributed by atoms with Gasteiger partial charge >= 0.3 is 0 Å². The third kappa shape index (κ3) is 3.05. The highest BCUT2D eigenvalue weighted by molar-refractivity contribution is 5.94. The van der Waals surface area contributed by atoms with Crippen molar-refractivity contribution in [3.8, 4) is 0 Å². The largest absolute Gasteiger partial charge is 0.545 e. The zero-order valence-electron chi connectivity index (χ0n) is 11.3. The average Bonchev–Trinajstić information content (AvgIpc) is 2.62. The van der Waals surface area contributed by atoms with Crippen LogP contribution in [0.25, 0.3) is 0 Å². The van der Waals surface area contributed by atoms with Crippen LogP contribution in [-0.2, 0) is 0 Å². The average molecular weight is 279 g/mol. The number of quaternary nitrogens is 1. The second kappa shape index (κ2) is 5.87. The van der Waals surface area contributed by atoms with Crippen LogP contribution in [0.5, 0.6) is 0 Å². The summed E-state index contributed by atoms with van der Waals surface area (Å²) in [5.74, 6) is -1.38. The molecule has 0 spiro atoms. The Kier molecular flexibility index (Phi) is 4.19. The topological polar surface area (TPSA) is 91.0 Å². The number of benzene rings is 1. The zero-order valence-corrected chi connectivity index (χ0v) is 11.3. The Hall–Kier alpha value is -2.15. The number of hydrogen-bond acceptors (Lipinski definition) is 5. The van der Waals surface area contributed by atoms with E-state index >= 15 is 0 Å². The number of likely N-dealkylation sites (N-methyl/N-ethyl adjacent to an activating group) is 1. The van der Waals surface area contributed by atoms with Crippen LogP contribution in [0, 0.1) is 10.1 Å². The van der Waals surface area contributed by atoms with E-state index in [0.29, 0.717) is 5.69 Å². The van der Waals surface area contributed by atoms with E-state index < -0.39 is 10.9 Å². The number of nitro groups is 1. The smallest absolute Gasteiger partial charge is 0.270 e. The molecule has 1 unspecified atom stereocenters. The first-order valence-corrected chi connectivity index (χ1v) is 6.55. The summed E-state index contributed by atoms with van der Waals surface area (Å²) in [6, 6.07) is 3.92. The Morgan fingerprint density at radius 2 is 2.10 bits per heavy atom. The van der Waals surface area contributed by atoms with Gasteiger partial charge in [-0.25, -0.2) is 0 Å². The van der Waals surface area contributed by atoms with Crippen molar-refractivity contribution in [3.05, 3.63) is 33.9 Å². The molecule has 1 saturated heterocycles. The van der Waals surface area contributed by atoms with Crippen molar-refractivity contribution in [1.29, 1.82) is 0 Å². The van der Waals surface area contributed by atoms with E-state index in [4.69, 9.17) is 0 Å². The molecule has 0 aromatic heterocycles. The number of nitrogens with one attached hydrogen (secondary N) is 1. The second-order valence-electron chi connectivity index (χ2n) is 5.04. The molecule has 1 N–H and O–H groups in total. The molecule has 1 heterocycles. The number of anilines is 1. The molecule has 2 rings (SSSR count). The van der Waals surface area contributed by atoms with E-state index in [2.05, 4.69) is 7.05 Å². The number of rotatable bonds is 3.